The molecular formula is C15H17N3O4. The molecule has 1 amide bonds. The summed E-state index contributed by atoms with van der Waals surface area (Å²) in [5, 5.41) is 29.2. The molecular weight excluding hydrogens is 286 g/mol. The molecule has 0 spiro atoms. The van der Waals surface area contributed by atoms with Gasteiger partial charge >= 0.3 is 0 Å². The molecule has 116 valence electrons. The third-order valence-electron chi connectivity index (χ3n) is 3.63. The highest BCUT2D eigenvalue weighted by Crippen LogP contribution is 2.39. The average molecular weight is 303 g/mol. The van der Waals surface area contributed by atoms with Crippen LogP contribution in [0, 0.1) is 0 Å². The molecule has 1 aromatic heterocycles. The molecule has 3 rings (SSSR count). The van der Waals surface area contributed by atoms with Crippen LogP contribution in [0.15, 0.2) is 24.3 Å². The summed E-state index contributed by atoms with van der Waals surface area (Å²) in [6.45, 7) is 0. The molecule has 7 heteroatoms. The van der Waals surface area contributed by atoms with Crippen LogP contribution >= 0.6 is 0 Å². The maximum atomic E-state index is 12.0. The number of benzene rings is 1. The molecule has 4 N–H and O–H groups in total. The van der Waals surface area contributed by atoms with E-state index in [0.29, 0.717) is 11.7 Å². The number of nitrogens with one attached hydrogen (secondary N) is 2. The fraction of sp³-hybridized carbons (Fsp3) is 0.333. The number of aliphatic hydroxyl groups is 1. The summed E-state index contributed by atoms with van der Waals surface area (Å²) < 4.78 is 4.92. The largest absolute Gasteiger partial charge is 0.504 e. The predicted octanol–water partition coefficient (Wildman–Crippen LogP) is 1.67. The normalized spacial score (nSPS) is 15.4. The summed E-state index contributed by atoms with van der Waals surface area (Å²) in [6.07, 6.45) is 0.852. The first-order valence-electron chi connectivity index (χ1n) is 6.99. The number of carbonyl (C=O) groups excluding carboxylic acids is 1. The molecule has 0 bridgehead atoms. The fourth-order valence-electron chi connectivity index (χ4n) is 2.23. The molecule has 1 heterocycles. The highest BCUT2D eigenvalue weighted by Gasteiger charge is 2.26. The summed E-state index contributed by atoms with van der Waals surface area (Å²) in [5.74, 6) is 0.407. The molecule has 1 atom stereocenters. The van der Waals surface area contributed by atoms with Crippen molar-refractivity contribution < 1.29 is 19.7 Å². The van der Waals surface area contributed by atoms with Gasteiger partial charge in [0.2, 0.25) is 0 Å². The maximum Gasteiger partial charge on any atom is 0.259 e. The van der Waals surface area contributed by atoms with Crippen molar-refractivity contribution in [3.8, 4) is 11.5 Å². The summed E-state index contributed by atoms with van der Waals surface area (Å²) in [7, 11) is 1.42. The van der Waals surface area contributed by atoms with Gasteiger partial charge in [-0.25, -0.2) is 0 Å². The average Bonchev–Trinajstić information content (AvgIpc) is 3.26. The molecule has 1 aliphatic rings. The number of H-pyrrole nitrogens is 1. The lowest BCUT2D eigenvalue weighted by Gasteiger charge is -2.12. The topological polar surface area (TPSA) is 107 Å². The van der Waals surface area contributed by atoms with E-state index in [1.807, 2.05) is 0 Å². The molecule has 2 aromatic rings. The van der Waals surface area contributed by atoms with Crippen LogP contribution in [0.1, 0.15) is 36.1 Å². The van der Waals surface area contributed by atoms with Crippen LogP contribution in [0.4, 0.5) is 5.82 Å². The molecule has 0 saturated heterocycles. The zero-order valence-corrected chi connectivity index (χ0v) is 12.0. The Morgan fingerprint density at radius 2 is 2.23 bits per heavy atom. The molecule has 1 aliphatic carbocycles. The third-order valence-corrected chi connectivity index (χ3v) is 3.63. The highest BCUT2D eigenvalue weighted by molar-refractivity contribution is 5.94. The lowest BCUT2D eigenvalue weighted by molar-refractivity contribution is -0.124. The van der Waals surface area contributed by atoms with Crippen molar-refractivity contribution >= 4 is 11.7 Å². The first-order chi connectivity index (χ1) is 10.6. The fourth-order valence-corrected chi connectivity index (χ4v) is 2.23. The van der Waals surface area contributed by atoms with Crippen LogP contribution < -0.4 is 10.1 Å². The quantitative estimate of drug-likeness (QED) is 0.672. The number of aromatic nitrogens is 2. The second-order valence-corrected chi connectivity index (χ2v) is 5.31. The van der Waals surface area contributed by atoms with Gasteiger partial charge in [0.05, 0.1) is 7.11 Å². The van der Waals surface area contributed by atoms with Crippen molar-refractivity contribution in [2.45, 2.75) is 24.9 Å². The predicted molar refractivity (Wildman–Crippen MR) is 78.8 cm³/mol. The van der Waals surface area contributed by atoms with E-state index in [-0.39, 0.29) is 17.1 Å². The summed E-state index contributed by atoms with van der Waals surface area (Å²) >= 11 is 0. The second kappa shape index (κ2) is 5.69. The lowest BCUT2D eigenvalue weighted by Crippen LogP contribution is -2.21. The molecule has 1 saturated carbocycles. The molecule has 7 nitrogen and oxygen atoms in total. The molecule has 1 aromatic carbocycles. The van der Waals surface area contributed by atoms with Gasteiger partial charge in [0.15, 0.2) is 23.4 Å². The number of hydrogen-bond acceptors (Lipinski definition) is 5. The number of rotatable bonds is 5. The number of methoxy groups -OCH3 is 1. The van der Waals surface area contributed by atoms with Crippen molar-refractivity contribution in [2.24, 2.45) is 0 Å². The van der Waals surface area contributed by atoms with Crippen LogP contribution in [-0.2, 0) is 4.79 Å². The van der Waals surface area contributed by atoms with Crippen molar-refractivity contribution in [1.82, 2.24) is 10.2 Å². The van der Waals surface area contributed by atoms with Crippen molar-refractivity contribution in [3.63, 3.8) is 0 Å². The number of aromatic amines is 1. The Balaban J connectivity index is 1.69. The number of aromatic hydroxyl groups is 1. The number of anilines is 1. The van der Waals surface area contributed by atoms with Gasteiger partial charge in [0.25, 0.3) is 5.91 Å². The Labute approximate surface area is 126 Å². The Bertz CT molecular complexity index is 694. The lowest BCUT2D eigenvalue weighted by atomic mass is 10.1. The summed E-state index contributed by atoms with van der Waals surface area (Å²) in [6, 6.07) is 6.07. The monoisotopic (exact) mass is 303 g/mol. The van der Waals surface area contributed by atoms with E-state index in [2.05, 4.69) is 15.5 Å². The minimum absolute atomic E-state index is 0.136. The number of amides is 1. The van der Waals surface area contributed by atoms with E-state index in [0.717, 1.165) is 18.5 Å². The van der Waals surface area contributed by atoms with Gasteiger partial charge in [-0.2, -0.15) is 5.10 Å². The summed E-state index contributed by atoms with van der Waals surface area (Å²) in [4.78, 5) is 12.0. The Kier molecular flexibility index (Phi) is 3.72. The van der Waals surface area contributed by atoms with Gasteiger partial charge in [0, 0.05) is 17.7 Å². The zero-order chi connectivity index (χ0) is 15.7. The van der Waals surface area contributed by atoms with Crippen molar-refractivity contribution in [1.29, 1.82) is 0 Å². The van der Waals surface area contributed by atoms with Gasteiger partial charge in [-0.3, -0.25) is 9.89 Å². The van der Waals surface area contributed by atoms with Crippen LogP contribution in [0.25, 0.3) is 0 Å². The number of carbonyl (C=O) groups is 1. The number of phenolic OH excluding ortho intramolecular Hbond substituents is 1. The van der Waals surface area contributed by atoms with Gasteiger partial charge in [0.1, 0.15) is 0 Å². The Hall–Kier alpha value is -2.54. The number of hydrogen-bond donors (Lipinski definition) is 4. The third kappa shape index (κ3) is 2.89. The van der Waals surface area contributed by atoms with Gasteiger partial charge in [-0.1, -0.05) is 6.07 Å². The number of phenols is 1. The van der Waals surface area contributed by atoms with E-state index in [4.69, 9.17) is 4.74 Å². The van der Waals surface area contributed by atoms with Gasteiger partial charge in [-0.15, -0.1) is 0 Å². The van der Waals surface area contributed by atoms with E-state index in [1.165, 1.54) is 25.3 Å². The first-order valence-corrected chi connectivity index (χ1v) is 6.99. The molecule has 0 aliphatic heterocycles. The Morgan fingerprint density at radius 3 is 2.86 bits per heavy atom. The molecule has 22 heavy (non-hydrogen) atoms. The molecule has 1 fully saturated rings. The molecule has 0 radical (unpaired) electrons. The number of nitrogens with zero attached hydrogens (tertiary/aromatic N) is 1. The van der Waals surface area contributed by atoms with Crippen LogP contribution in [0.2, 0.25) is 0 Å². The number of aliphatic hydroxyl groups excluding tert-OH is 1. The highest BCUT2D eigenvalue weighted by atomic mass is 16.5. The van der Waals surface area contributed by atoms with E-state index in [9.17, 15) is 15.0 Å². The molecule has 1 unspecified atom stereocenters. The van der Waals surface area contributed by atoms with Crippen LogP contribution in [0.3, 0.4) is 0 Å². The van der Waals surface area contributed by atoms with Crippen molar-refractivity contribution in [3.05, 3.63) is 35.5 Å². The summed E-state index contributed by atoms with van der Waals surface area (Å²) in [5.41, 5.74) is 1.26. The van der Waals surface area contributed by atoms with Crippen LogP contribution in [0.5, 0.6) is 11.5 Å². The van der Waals surface area contributed by atoms with Crippen LogP contribution in [-0.4, -0.2) is 33.4 Å². The van der Waals surface area contributed by atoms with Gasteiger partial charge < -0.3 is 20.3 Å². The second-order valence-electron chi connectivity index (χ2n) is 5.31. The first kappa shape index (κ1) is 14.4. The minimum Gasteiger partial charge on any atom is -0.504 e. The van der Waals surface area contributed by atoms with E-state index >= 15 is 0 Å². The SMILES string of the molecule is COc1ccc(C(O)C(=O)Nc2cc(C3CC3)[nH]n2)cc1O. The van der Waals surface area contributed by atoms with E-state index < -0.39 is 12.0 Å². The Morgan fingerprint density at radius 1 is 1.45 bits per heavy atom. The van der Waals surface area contributed by atoms with Crippen molar-refractivity contribution in [2.75, 3.05) is 12.4 Å². The number of ether oxygens (including phenoxy) is 1. The standard InChI is InChI=1S/C15H17N3O4/c1-22-12-5-4-9(6-11(12)19)14(20)15(21)16-13-7-10(17-18-13)8-2-3-8/h4-8,14,19-20H,2-3H2,1H3,(H2,16,17,18,21). The van der Waals surface area contributed by atoms with Gasteiger partial charge in [-0.05, 0) is 30.5 Å². The zero-order valence-electron chi connectivity index (χ0n) is 12.0. The van der Waals surface area contributed by atoms with E-state index in [1.54, 1.807) is 6.07 Å². The smallest absolute Gasteiger partial charge is 0.259 e. The maximum absolute atomic E-state index is 12.0. The minimum atomic E-state index is -1.40.